The highest BCUT2D eigenvalue weighted by Crippen LogP contribution is 2.11. The maximum absolute atomic E-state index is 12.5. The fraction of sp³-hybridized carbons (Fsp3) is 0.368. The van der Waals surface area contributed by atoms with Gasteiger partial charge in [-0.05, 0) is 35.9 Å². The second-order valence-corrected chi connectivity index (χ2v) is 6.86. The van der Waals surface area contributed by atoms with Crippen molar-refractivity contribution in [2.45, 2.75) is 32.7 Å². The Morgan fingerprint density at radius 2 is 1.88 bits per heavy atom. The van der Waals surface area contributed by atoms with Gasteiger partial charge in [0.25, 0.3) is 5.91 Å². The first-order valence-electron chi connectivity index (χ1n) is 8.27. The van der Waals surface area contributed by atoms with E-state index in [1.54, 1.807) is 23.5 Å². The molecular weight excluding hydrogens is 320 g/mol. The summed E-state index contributed by atoms with van der Waals surface area (Å²) in [7, 11) is 0. The number of nitrogens with one attached hydrogen (secondary N) is 2. The largest absolute Gasteiger partial charge is 0.354 e. The third kappa shape index (κ3) is 5.20. The van der Waals surface area contributed by atoms with E-state index in [1.807, 2.05) is 43.5 Å². The highest BCUT2D eigenvalue weighted by atomic mass is 32.1. The van der Waals surface area contributed by atoms with E-state index in [2.05, 4.69) is 16.7 Å². The average Bonchev–Trinajstić information content (AvgIpc) is 3.12. The molecule has 2 unspecified atom stereocenters. The molecule has 0 bridgehead atoms. The molecule has 2 atom stereocenters. The molecule has 0 saturated heterocycles. The van der Waals surface area contributed by atoms with Gasteiger partial charge in [0.05, 0.1) is 0 Å². The van der Waals surface area contributed by atoms with Crippen molar-refractivity contribution in [3.8, 4) is 0 Å². The van der Waals surface area contributed by atoms with Gasteiger partial charge in [0.1, 0.15) is 6.04 Å². The smallest absolute Gasteiger partial charge is 0.251 e. The van der Waals surface area contributed by atoms with Gasteiger partial charge < -0.3 is 10.6 Å². The molecule has 1 heterocycles. The molecule has 0 fully saturated rings. The molecule has 2 aromatic rings. The fourth-order valence-corrected chi connectivity index (χ4v) is 3.10. The highest BCUT2D eigenvalue weighted by Gasteiger charge is 2.25. The topological polar surface area (TPSA) is 58.2 Å². The van der Waals surface area contributed by atoms with Gasteiger partial charge in [0, 0.05) is 17.0 Å². The number of carbonyl (C=O) groups is 2. The average molecular weight is 344 g/mol. The minimum absolute atomic E-state index is 0.0689. The normalized spacial score (nSPS) is 13.1. The first kappa shape index (κ1) is 18.2. The van der Waals surface area contributed by atoms with Crippen LogP contribution in [0.5, 0.6) is 0 Å². The van der Waals surface area contributed by atoms with Gasteiger partial charge in [0.2, 0.25) is 5.91 Å². The maximum Gasteiger partial charge on any atom is 0.251 e. The van der Waals surface area contributed by atoms with Crippen LogP contribution in [-0.4, -0.2) is 24.4 Å². The summed E-state index contributed by atoms with van der Waals surface area (Å²) in [5.74, 6) is -0.265. The molecule has 1 aromatic heterocycles. The Bertz CT molecular complexity index is 641. The monoisotopic (exact) mass is 344 g/mol. The van der Waals surface area contributed by atoms with Crippen LogP contribution in [0, 0.1) is 5.92 Å². The molecule has 0 aliphatic heterocycles. The number of rotatable bonds is 8. The lowest BCUT2D eigenvalue weighted by Gasteiger charge is -2.23. The van der Waals surface area contributed by atoms with Gasteiger partial charge in [-0.3, -0.25) is 9.59 Å². The maximum atomic E-state index is 12.5. The van der Waals surface area contributed by atoms with Crippen LogP contribution in [0.3, 0.4) is 0 Å². The lowest BCUT2D eigenvalue weighted by atomic mass is 9.97. The minimum atomic E-state index is -0.522. The molecule has 2 amide bonds. The van der Waals surface area contributed by atoms with E-state index >= 15 is 0 Å². The Morgan fingerprint density at radius 1 is 1.12 bits per heavy atom. The van der Waals surface area contributed by atoms with Crippen molar-refractivity contribution in [2.24, 2.45) is 5.92 Å². The SMILES string of the molecule is CCC(C)C(NC(=O)c1ccccc1)C(=O)NCCc1cccs1. The molecule has 0 radical (unpaired) electrons. The minimum Gasteiger partial charge on any atom is -0.354 e. The summed E-state index contributed by atoms with van der Waals surface area (Å²) in [6.45, 7) is 4.58. The molecule has 0 aliphatic carbocycles. The molecule has 5 heteroatoms. The third-order valence-corrected chi connectivity index (χ3v) is 5.00. The molecule has 0 spiro atoms. The van der Waals surface area contributed by atoms with E-state index in [4.69, 9.17) is 0 Å². The van der Waals surface area contributed by atoms with Crippen LogP contribution in [0.2, 0.25) is 0 Å². The summed E-state index contributed by atoms with van der Waals surface area (Å²) >= 11 is 1.68. The predicted molar refractivity (Wildman–Crippen MR) is 98.2 cm³/mol. The Hall–Kier alpha value is -2.14. The van der Waals surface area contributed by atoms with Gasteiger partial charge in [-0.2, -0.15) is 0 Å². The Kier molecular flexibility index (Phi) is 7.00. The third-order valence-electron chi connectivity index (χ3n) is 4.07. The van der Waals surface area contributed by atoms with Gasteiger partial charge in [0.15, 0.2) is 0 Å². The molecule has 0 aliphatic rings. The van der Waals surface area contributed by atoms with Gasteiger partial charge in [-0.1, -0.05) is 44.5 Å². The number of carbonyl (C=O) groups excluding carboxylic acids is 2. The van der Waals surface area contributed by atoms with E-state index in [1.165, 1.54) is 4.88 Å². The number of hydrogen-bond donors (Lipinski definition) is 2. The Labute approximate surface area is 147 Å². The zero-order chi connectivity index (χ0) is 17.4. The zero-order valence-corrected chi connectivity index (χ0v) is 14.9. The van der Waals surface area contributed by atoms with E-state index in [-0.39, 0.29) is 17.7 Å². The first-order valence-corrected chi connectivity index (χ1v) is 9.15. The molecule has 2 rings (SSSR count). The summed E-state index contributed by atoms with van der Waals surface area (Å²) < 4.78 is 0. The number of thiophene rings is 1. The summed E-state index contributed by atoms with van der Waals surface area (Å²) in [5.41, 5.74) is 0.567. The van der Waals surface area contributed by atoms with E-state index in [9.17, 15) is 9.59 Å². The van der Waals surface area contributed by atoms with Crippen LogP contribution in [0.1, 0.15) is 35.5 Å². The number of benzene rings is 1. The van der Waals surface area contributed by atoms with Crippen LogP contribution in [0.15, 0.2) is 47.8 Å². The van der Waals surface area contributed by atoms with E-state index in [0.717, 1.165) is 12.8 Å². The number of amides is 2. The Morgan fingerprint density at radius 3 is 2.50 bits per heavy atom. The molecule has 1 aromatic carbocycles. The summed E-state index contributed by atoms with van der Waals surface area (Å²) in [5, 5.41) is 7.85. The van der Waals surface area contributed by atoms with Crippen molar-refractivity contribution in [1.82, 2.24) is 10.6 Å². The summed E-state index contributed by atoms with van der Waals surface area (Å²) in [4.78, 5) is 26.1. The van der Waals surface area contributed by atoms with Crippen molar-refractivity contribution >= 4 is 23.2 Å². The quantitative estimate of drug-likeness (QED) is 0.772. The predicted octanol–water partition coefficient (Wildman–Crippen LogP) is 3.25. The van der Waals surface area contributed by atoms with Crippen molar-refractivity contribution in [2.75, 3.05) is 6.54 Å². The molecule has 4 nitrogen and oxygen atoms in total. The second-order valence-electron chi connectivity index (χ2n) is 5.82. The second kappa shape index (κ2) is 9.23. The molecule has 24 heavy (non-hydrogen) atoms. The lowest BCUT2D eigenvalue weighted by molar-refractivity contribution is -0.124. The van der Waals surface area contributed by atoms with Crippen LogP contribution in [0.25, 0.3) is 0 Å². The zero-order valence-electron chi connectivity index (χ0n) is 14.1. The van der Waals surface area contributed by atoms with Crippen LogP contribution < -0.4 is 10.6 Å². The first-order chi connectivity index (χ1) is 11.6. The van der Waals surface area contributed by atoms with Gasteiger partial charge >= 0.3 is 0 Å². The Balaban J connectivity index is 1.94. The van der Waals surface area contributed by atoms with E-state index < -0.39 is 6.04 Å². The van der Waals surface area contributed by atoms with Gasteiger partial charge in [-0.25, -0.2) is 0 Å². The van der Waals surface area contributed by atoms with Crippen molar-refractivity contribution in [3.05, 3.63) is 58.3 Å². The number of hydrogen-bond acceptors (Lipinski definition) is 3. The summed E-state index contributed by atoms with van der Waals surface area (Å²) in [6, 6.07) is 12.5. The van der Waals surface area contributed by atoms with Crippen molar-refractivity contribution in [1.29, 1.82) is 0 Å². The standard InChI is InChI=1S/C19H24N2O2S/c1-3-14(2)17(21-18(22)15-8-5-4-6-9-15)19(23)20-12-11-16-10-7-13-24-16/h4-10,13-14,17H,3,11-12H2,1-2H3,(H,20,23)(H,21,22). The highest BCUT2D eigenvalue weighted by molar-refractivity contribution is 7.09. The summed E-state index contributed by atoms with van der Waals surface area (Å²) in [6.07, 6.45) is 1.63. The van der Waals surface area contributed by atoms with Gasteiger partial charge in [-0.15, -0.1) is 11.3 Å². The van der Waals surface area contributed by atoms with Crippen LogP contribution in [0.4, 0.5) is 0 Å². The molecule has 2 N–H and O–H groups in total. The molecule has 128 valence electrons. The van der Waals surface area contributed by atoms with Crippen LogP contribution >= 0.6 is 11.3 Å². The fourth-order valence-electron chi connectivity index (χ4n) is 2.39. The van der Waals surface area contributed by atoms with Crippen molar-refractivity contribution in [3.63, 3.8) is 0 Å². The molecule has 0 saturated carbocycles. The van der Waals surface area contributed by atoms with E-state index in [0.29, 0.717) is 12.1 Å². The van der Waals surface area contributed by atoms with Crippen LogP contribution in [-0.2, 0) is 11.2 Å². The molecular formula is C19H24N2O2S. The lowest BCUT2D eigenvalue weighted by Crippen LogP contribution is -2.50. The van der Waals surface area contributed by atoms with Crippen molar-refractivity contribution < 1.29 is 9.59 Å².